The molecule has 0 aliphatic carbocycles. The van der Waals surface area contributed by atoms with Gasteiger partial charge in [-0.2, -0.15) is 0 Å². The van der Waals surface area contributed by atoms with E-state index in [1.807, 2.05) is 24.3 Å². The summed E-state index contributed by atoms with van der Waals surface area (Å²) in [6, 6.07) is 10.4. The molecule has 2 rings (SSSR count). The van der Waals surface area contributed by atoms with Gasteiger partial charge in [-0.15, -0.1) is 0 Å². The lowest BCUT2D eigenvalue weighted by Crippen LogP contribution is -2.01. The van der Waals surface area contributed by atoms with Crippen molar-refractivity contribution >= 4 is 31.9 Å². The lowest BCUT2D eigenvalue weighted by Gasteiger charge is -2.14. The van der Waals surface area contributed by atoms with Gasteiger partial charge in [0.2, 0.25) is 0 Å². The summed E-state index contributed by atoms with van der Waals surface area (Å²) in [5, 5.41) is 0. The standard InChI is InChI=1S/C16H14Br2F2/c1-2-3-10-4-6-11(7-5-10)16(18)15-13(19)8-12(17)9-14(15)20/h4-9,16H,2-3H2,1H3. The summed E-state index contributed by atoms with van der Waals surface area (Å²) in [6.45, 7) is 2.12. The number of alkyl halides is 1. The van der Waals surface area contributed by atoms with Crippen LogP contribution in [0.5, 0.6) is 0 Å². The molecule has 0 heterocycles. The molecule has 2 aromatic carbocycles. The van der Waals surface area contributed by atoms with Crippen molar-refractivity contribution in [3.8, 4) is 0 Å². The van der Waals surface area contributed by atoms with E-state index < -0.39 is 16.5 Å². The van der Waals surface area contributed by atoms with Gasteiger partial charge in [-0.3, -0.25) is 0 Å². The Morgan fingerprint density at radius 3 is 2.10 bits per heavy atom. The van der Waals surface area contributed by atoms with Gasteiger partial charge in [-0.1, -0.05) is 69.5 Å². The molecule has 0 aromatic heterocycles. The van der Waals surface area contributed by atoms with Crippen LogP contribution in [-0.4, -0.2) is 0 Å². The van der Waals surface area contributed by atoms with Crippen LogP contribution in [0.3, 0.4) is 0 Å². The van der Waals surface area contributed by atoms with E-state index in [9.17, 15) is 8.78 Å². The number of aryl methyl sites for hydroxylation is 1. The largest absolute Gasteiger partial charge is 0.206 e. The van der Waals surface area contributed by atoms with Crippen molar-refractivity contribution in [2.24, 2.45) is 0 Å². The van der Waals surface area contributed by atoms with Crippen molar-refractivity contribution in [3.63, 3.8) is 0 Å². The monoisotopic (exact) mass is 402 g/mol. The van der Waals surface area contributed by atoms with Crippen LogP contribution in [0.4, 0.5) is 8.78 Å². The first-order valence-corrected chi connectivity index (χ1v) is 8.11. The van der Waals surface area contributed by atoms with Crippen molar-refractivity contribution in [3.05, 3.63) is 69.2 Å². The zero-order chi connectivity index (χ0) is 14.7. The molecule has 1 atom stereocenters. The molecule has 1 unspecified atom stereocenters. The fourth-order valence-electron chi connectivity index (χ4n) is 2.10. The number of hydrogen-bond donors (Lipinski definition) is 0. The van der Waals surface area contributed by atoms with Crippen LogP contribution in [0.1, 0.15) is 34.9 Å². The van der Waals surface area contributed by atoms with Gasteiger partial charge in [0.1, 0.15) is 11.6 Å². The Morgan fingerprint density at radius 2 is 1.60 bits per heavy atom. The highest BCUT2D eigenvalue weighted by atomic mass is 79.9. The highest BCUT2D eigenvalue weighted by molar-refractivity contribution is 9.10. The Morgan fingerprint density at radius 1 is 1.05 bits per heavy atom. The average Bonchev–Trinajstić information content (AvgIpc) is 2.38. The van der Waals surface area contributed by atoms with E-state index in [0.717, 1.165) is 18.4 Å². The summed E-state index contributed by atoms with van der Waals surface area (Å²) in [5.41, 5.74) is 2.11. The summed E-state index contributed by atoms with van der Waals surface area (Å²) in [6.07, 6.45) is 2.08. The van der Waals surface area contributed by atoms with Crippen LogP contribution in [0.25, 0.3) is 0 Å². The third-order valence-corrected chi connectivity index (χ3v) is 4.55. The van der Waals surface area contributed by atoms with Crippen LogP contribution in [0, 0.1) is 11.6 Å². The normalized spacial score (nSPS) is 12.4. The quantitative estimate of drug-likeness (QED) is 0.536. The molecular weight excluding hydrogens is 390 g/mol. The van der Waals surface area contributed by atoms with Crippen LogP contribution in [-0.2, 0) is 6.42 Å². The highest BCUT2D eigenvalue weighted by Gasteiger charge is 2.20. The minimum Gasteiger partial charge on any atom is -0.206 e. The Labute approximate surface area is 134 Å². The second-order valence-corrected chi connectivity index (χ2v) is 6.47. The summed E-state index contributed by atoms with van der Waals surface area (Å²) in [4.78, 5) is -0.494. The van der Waals surface area contributed by atoms with Crippen LogP contribution < -0.4 is 0 Å². The highest BCUT2D eigenvalue weighted by Crippen LogP contribution is 2.35. The second kappa shape index (κ2) is 6.81. The van der Waals surface area contributed by atoms with Gasteiger partial charge < -0.3 is 0 Å². The van der Waals surface area contributed by atoms with Crippen molar-refractivity contribution in [1.29, 1.82) is 0 Å². The van der Waals surface area contributed by atoms with Gasteiger partial charge >= 0.3 is 0 Å². The average molecular weight is 404 g/mol. The number of benzene rings is 2. The smallest absolute Gasteiger partial charge is 0.131 e. The van der Waals surface area contributed by atoms with Crippen LogP contribution >= 0.6 is 31.9 Å². The number of hydrogen-bond acceptors (Lipinski definition) is 0. The molecule has 0 fully saturated rings. The molecule has 0 spiro atoms. The zero-order valence-electron chi connectivity index (χ0n) is 11.0. The maximum atomic E-state index is 13.9. The molecule has 4 heteroatoms. The molecule has 106 valence electrons. The second-order valence-electron chi connectivity index (χ2n) is 4.64. The van der Waals surface area contributed by atoms with E-state index >= 15 is 0 Å². The molecule has 0 saturated carbocycles. The van der Waals surface area contributed by atoms with Gasteiger partial charge in [0.05, 0.1) is 4.83 Å². The SMILES string of the molecule is CCCc1ccc(C(Br)c2c(F)cc(Br)cc2F)cc1. The fourth-order valence-corrected chi connectivity index (χ4v) is 3.25. The van der Waals surface area contributed by atoms with Crippen molar-refractivity contribution < 1.29 is 8.78 Å². The minimum atomic E-state index is -0.559. The number of halogens is 4. The zero-order valence-corrected chi connectivity index (χ0v) is 14.1. The van der Waals surface area contributed by atoms with Crippen molar-refractivity contribution in [2.45, 2.75) is 24.6 Å². The molecule has 0 nitrogen and oxygen atoms in total. The van der Waals surface area contributed by atoms with Gasteiger partial charge in [-0.25, -0.2) is 8.78 Å². The van der Waals surface area contributed by atoms with Crippen molar-refractivity contribution in [1.82, 2.24) is 0 Å². The molecule has 0 aliphatic rings. The Bertz CT molecular complexity index is 571. The summed E-state index contributed by atoms with van der Waals surface area (Å²) < 4.78 is 28.3. The summed E-state index contributed by atoms with van der Waals surface area (Å²) in [5.74, 6) is -1.12. The first kappa shape index (κ1) is 15.6. The van der Waals surface area contributed by atoms with Crippen LogP contribution in [0.15, 0.2) is 40.9 Å². The van der Waals surface area contributed by atoms with E-state index in [1.165, 1.54) is 17.7 Å². The molecule has 0 radical (unpaired) electrons. The molecule has 0 bridgehead atoms. The maximum Gasteiger partial charge on any atom is 0.131 e. The lowest BCUT2D eigenvalue weighted by molar-refractivity contribution is 0.559. The van der Waals surface area contributed by atoms with Crippen LogP contribution in [0.2, 0.25) is 0 Å². The maximum absolute atomic E-state index is 13.9. The lowest BCUT2D eigenvalue weighted by atomic mass is 10.0. The Hall–Kier alpha value is -0.740. The van der Waals surface area contributed by atoms with Gasteiger partial charge in [0.25, 0.3) is 0 Å². The molecule has 0 saturated heterocycles. The van der Waals surface area contributed by atoms with E-state index in [4.69, 9.17) is 0 Å². The molecule has 0 aliphatic heterocycles. The first-order valence-electron chi connectivity index (χ1n) is 6.40. The van der Waals surface area contributed by atoms with E-state index in [1.54, 1.807) is 0 Å². The molecule has 0 N–H and O–H groups in total. The molecule has 2 aromatic rings. The van der Waals surface area contributed by atoms with E-state index in [2.05, 4.69) is 38.8 Å². The van der Waals surface area contributed by atoms with Gasteiger partial charge in [0, 0.05) is 10.0 Å². The van der Waals surface area contributed by atoms with E-state index in [0.29, 0.717) is 4.47 Å². The van der Waals surface area contributed by atoms with Crippen molar-refractivity contribution in [2.75, 3.05) is 0 Å². The predicted octanol–water partition coefficient (Wildman–Crippen LogP) is 6.16. The topological polar surface area (TPSA) is 0 Å². The minimum absolute atomic E-state index is 0.0384. The Balaban J connectivity index is 2.33. The third-order valence-electron chi connectivity index (χ3n) is 3.11. The molecule has 0 amide bonds. The number of rotatable bonds is 4. The third kappa shape index (κ3) is 3.47. The summed E-state index contributed by atoms with van der Waals surface area (Å²) >= 11 is 6.47. The summed E-state index contributed by atoms with van der Waals surface area (Å²) in [7, 11) is 0. The van der Waals surface area contributed by atoms with E-state index in [-0.39, 0.29) is 5.56 Å². The first-order chi connectivity index (χ1) is 9.52. The Kier molecular flexibility index (Phi) is 5.33. The predicted molar refractivity (Wildman–Crippen MR) is 85.3 cm³/mol. The fraction of sp³-hybridized carbons (Fsp3) is 0.250. The van der Waals surface area contributed by atoms with Gasteiger partial charge in [0.15, 0.2) is 0 Å². The molecule has 20 heavy (non-hydrogen) atoms. The van der Waals surface area contributed by atoms with Gasteiger partial charge in [-0.05, 0) is 29.7 Å². The molecular formula is C16H14Br2F2.